The average molecular weight is 446 g/mol. The van der Waals surface area contributed by atoms with Crippen LogP contribution in [0.15, 0.2) is 79.1 Å². The molecule has 2 heterocycles. The van der Waals surface area contributed by atoms with Crippen LogP contribution in [0.2, 0.25) is 5.02 Å². The molecule has 0 radical (unpaired) electrons. The van der Waals surface area contributed by atoms with Crippen LogP contribution >= 0.6 is 11.6 Å². The van der Waals surface area contributed by atoms with Crippen LogP contribution < -0.4 is 0 Å². The van der Waals surface area contributed by atoms with E-state index in [1.54, 1.807) is 0 Å². The zero-order chi connectivity index (χ0) is 22.2. The second-order valence-electron chi connectivity index (χ2n) is 7.75. The number of hydrogen-bond acceptors (Lipinski definition) is 2. The summed E-state index contributed by atoms with van der Waals surface area (Å²) in [6.45, 7) is 2.67. The van der Waals surface area contributed by atoms with Crippen LogP contribution in [0.1, 0.15) is 11.1 Å². The Labute approximate surface area is 189 Å². The van der Waals surface area contributed by atoms with Gasteiger partial charge in [-0.3, -0.25) is 0 Å². The van der Waals surface area contributed by atoms with Gasteiger partial charge in [-0.2, -0.15) is 0 Å². The molecule has 0 saturated heterocycles. The number of aromatic nitrogens is 3. The smallest absolute Gasteiger partial charge is 0.169 e. The summed E-state index contributed by atoms with van der Waals surface area (Å²) in [5.41, 5.74) is 5.73. The van der Waals surface area contributed by atoms with E-state index >= 15 is 0 Å². The molecule has 0 unspecified atom stereocenters. The van der Waals surface area contributed by atoms with Gasteiger partial charge in [-0.1, -0.05) is 48.0 Å². The molecule has 0 bridgehead atoms. The quantitative estimate of drug-likeness (QED) is 0.298. The second-order valence-corrected chi connectivity index (χ2v) is 8.19. The van der Waals surface area contributed by atoms with Crippen molar-refractivity contribution in [3.8, 4) is 33.9 Å². The first kappa shape index (κ1) is 20.3. The summed E-state index contributed by atoms with van der Waals surface area (Å²) in [5.74, 6) is -1.68. The van der Waals surface area contributed by atoms with Gasteiger partial charge < -0.3 is 4.57 Å². The number of hydrogen-bond donors (Lipinski definition) is 0. The molecule has 3 aromatic rings. The SMILES string of the molecule is Cc1cc(Cl)cc(-c2ccc(Cn3ccc4nc(-c5cccc(F)c5F)nc-4c3)cc2)c1. The first-order chi connectivity index (χ1) is 15.5. The van der Waals surface area contributed by atoms with E-state index in [1.165, 1.54) is 12.1 Å². The van der Waals surface area contributed by atoms with Gasteiger partial charge >= 0.3 is 0 Å². The summed E-state index contributed by atoms with van der Waals surface area (Å²) in [4.78, 5) is 8.76. The number of benzene rings is 3. The van der Waals surface area contributed by atoms with Gasteiger partial charge in [-0.05, 0) is 59.5 Å². The molecule has 0 atom stereocenters. The fourth-order valence-electron chi connectivity index (χ4n) is 3.76. The third kappa shape index (κ3) is 3.99. The third-order valence-corrected chi connectivity index (χ3v) is 5.53. The van der Waals surface area contributed by atoms with Crippen LogP contribution in [0.5, 0.6) is 0 Å². The molecule has 5 rings (SSSR count). The lowest BCUT2D eigenvalue weighted by Gasteiger charge is -2.10. The summed E-state index contributed by atoms with van der Waals surface area (Å²) in [7, 11) is 0. The Morgan fingerprint density at radius 3 is 2.44 bits per heavy atom. The maximum atomic E-state index is 14.1. The predicted molar refractivity (Wildman–Crippen MR) is 123 cm³/mol. The molecule has 0 aromatic heterocycles. The molecule has 0 amide bonds. The summed E-state index contributed by atoms with van der Waals surface area (Å²) in [6, 6.07) is 20.1. The van der Waals surface area contributed by atoms with Crippen molar-refractivity contribution >= 4 is 11.6 Å². The zero-order valence-electron chi connectivity index (χ0n) is 17.2. The second kappa shape index (κ2) is 8.17. The van der Waals surface area contributed by atoms with E-state index in [0.717, 1.165) is 33.3 Å². The number of rotatable bonds is 4. The number of aryl methyl sites for hydroxylation is 1. The largest absolute Gasteiger partial charge is 0.348 e. The maximum Gasteiger partial charge on any atom is 0.169 e. The third-order valence-electron chi connectivity index (χ3n) is 5.31. The van der Waals surface area contributed by atoms with Crippen molar-refractivity contribution in [3.63, 3.8) is 0 Å². The van der Waals surface area contributed by atoms with Gasteiger partial charge in [-0.25, -0.2) is 18.7 Å². The minimum Gasteiger partial charge on any atom is -0.348 e. The van der Waals surface area contributed by atoms with Crippen molar-refractivity contribution in [1.29, 1.82) is 0 Å². The van der Waals surface area contributed by atoms with Gasteiger partial charge in [0.2, 0.25) is 0 Å². The minimum atomic E-state index is -0.939. The highest BCUT2D eigenvalue weighted by Gasteiger charge is 2.17. The fraction of sp³-hybridized carbons (Fsp3) is 0.0769. The average Bonchev–Trinajstić information content (AvgIpc) is 3.18. The van der Waals surface area contributed by atoms with E-state index in [0.29, 0.717) is 17.9 Å². The van der Waals surface area contributed by atoms with Crippen molar-refractivity contribution in [1.82, 2.24) is 14.5 Å². The number of nitrogens with zero attached hydrogens (tertiary/aromatic N) is 3. The summed E-state index contributed by atoms with van der Waals surface area (Å²) in [6.07, 6.45) is 3.76. The summed E-state index contributed by atoms with van der Waals surface area (Å²) in [5, 5.41) is 0.723. The molecule has 0 saturated carbocycles. The van der Waals surface area contributed by atoms with Crippen molar-refractivity contribution in [2.75, 3.05) is 0 Å². The predicted octanol–water partition coefficient (Wildman–Crippen LogP) is 7.01. The molecular formula is C26H18ClF2N3. The van der Waals surface area contributed by atoms with E-state index in [4.69, 9.17) is 11.6 Å². The first-order valence-corrected chi connectivity index (χ1v) is 10.5. The van der Waals surface area contributed by atoms with E-state index in [9.17, 15) is 8.78 Å². The van der Waals surface area contributed by atoms with Crippen LogP contribution in [0.4, 0.5) is 8.78 Å². The summed E-state index contributed by atoms with van der Waals surface area (Å²) < 4.78 is 29.7. The van der Waals surface area contributed by atoms with Gasteiger partial charge in [0.05, 0.1) is 11.3 Å². The highest BCUT2D eigenvalue weighted by Crippen LogP contribution is 2.28. The van der Waals surface area contributed by atoms with Gasteiger partial charge in [0.25, 0.3) is 0 Å². The molecular weight excluding hydrogens is 428 g/mol. The Kier molecular flexibility index (Phi) is 5.19. The van der Waals surface area contributed by atoms with Crippen molar-refractivity contribution in [2.45, 2.75) is 13.5 Å². The van der Waals surface area contributed by atoms with Gasteiger partial charge in [-0.15, -0.1) is 0 Å². The van der Waals surface area contributed by atoms with Crippen LogP contribution in [0, 0.1) is 18.6 Å². The van der Waals surface area contributed by atoms with E-state index in [2.05, 4.69) is 40.3 Å². The highest BCUT2D eigenvalue weighted by atomic mass is 35.5. The van der Waals surface area contributed by atoms with Gasteiger partial charge in [0.15, 0.2) is 17.5 Å². The molecule has 3 nitrogen and oxygen atoms in total. The van der Waals surface area contributed by atoms with Crippen LogP contribution in [0.3, 0.4) is 0 Å². The highest BCUT2D eigenvalue weighted by molar-refractivity contribution is 6.31. The molecule has 0 aliphatic carbocycles. The van der Waals surface area contributed by atoms with Crippen molar-refractivity contribution in [2.24, 2.45) is 0 Å². The number of pyridine rings is 1. The van der Waals surface area contributed by atoms with Gasteiger partial charge in [0, 0.05) is 24.0 Å². The molecule has 3 aromatic carbocycles. The molecule has 2 aliphatic rings. The molecule has 32 heavy (non-hydrogen) atoms. The van der Waals surface area contributed by atoms with E-state index in [-0.39, 0.29) is 11.4 Å². The fourth-order valence-corrected chi connectivity index (χ4v) is 4.05. The lowest BCUT2D eigenvalue weighted by atomic mass is 10.0. The standard InChI is InChI=1S/C26H18ClF2N3/c1-16-11-19(13-20(27)12-16)18-7-5-17(6-8-18)14-32-10-9-23-24(15-32)31-26(30-23)21-3-2-4-22(28)25(21)29/h2-13,15H,14H2,1H3. The molecule has 0 N–H and O–H groups in total. The Morgan fingerprint density at radius 2 is 1.66 bits per heavy atom. The molecule has 0 spiro atoms. The lowest BCUT2D eigenvalue weighted by Crippen LogP contribution is -2.00. The number of halogens is 3. The normalized spacial score (nSPS) is 11.2. The number of imidazole rings is 1. The Bertz CT molecular complexity index is 1370. The molecule has 0 fully saturated rings. The molecule has 158 valence electrons. The zero-order valence-corrected chi connectivity index (χ0v) is 17.9. The topological polar surface area (TPSA) is 30.7 Å². The van der Waals surface area contributed by atoms with Crippen LogP contribution in [0.25, 0.3) is 33.9 Å². The first-order valence-electron chi connectivity index (χ1n) is 10.1. The van der Waals surface area contributed by atoms with Gasteiger partial charge in [0.1, 0.15) is 5.69 Å². The maximum absolute atomic E-state index is 14.1. The van der Waals surface area contributed by atoms with E-state index < -0.39 is 11.6 Å². The Morgan fingerprint density at radius 1 is 0.875 bits per heavy atom. The molecule has 6 heteroatoms. The van der Waals surface area contributed by atoms with Crippen LogP contribution in [-0.2, 0) is 6.54 Å². The van der Waals surface area contributed by atoms with E-state index in [1.807, 2.05) is 42.1 Å². The lowest BCUT2D eigenvalue weighted by molar-refractivity contribution is 0.510. The minimum absolute atomic E-state index is 0.0552. The van der Waals surface area contributed by atoms with Crippen molar-refractivity contribution < 1.29 is 8.78 Å². The van der Waals surface area contributed by atoms with Crippen LogP contribution in [-0.4, -0.2) is 14.5 Å². The Balaban J connectivity index is 1.40. The Hall–Kier alpha value is -3.57. The van der Waals surface area contributed by atoms with Crippen molar-refractivity contribution in [3.05, 3.63) is 107 Å². The summed E-state index contributed by atoms with van der Waals surface area (Å²) >= 11 is 6.19. The molecule has 2 aliphatic heterocycles. The monoisotopic (exact) mass is 445 g/mol. The number of fused-ring (bicyclic) bond motifs is 1.